The Morgan fingerprint density at radius 3 is 2.26 bits per heavy atom. The average molecular weight is 259 g/mol. The lowest BCUT2D eigenvalue weighted by Crippen LogP contribution is -2.58. The average Bonchev–Trinajstić information content (AvgIpc) is 2.64. The maximum Gasteiger partial charge on any atom is 0.0638 e. The summed E-state index contributed by atoms with van der Waals surface area (Å²) in [7, 11) is 2.02. The molecule has 4 bridgehead atoms. The highest BCUT2D eigenvalue weighted by molar-refractivity contribution is 5.16. The molecule has 0 aromatic carbocycles. The van der Waals surface area contributed by atoms with E-state index in [4.69, 9.17) is 0 Å². The van der Waals surface area contributed by atoms with E-state index in [1.54, 1.807) is 0 Å². The highest BCUT2D eigenvalue weighted by Crippen LogP contribution is 2.55. The Labute approximate surface area is 115 Å². The number of hydrogen-bond acceptors (Lipinski definition) is 2. The Bertz CT molecular complexity index is 453. The molecule has 104 valence electrons. The molecule has 1 heterocycles. The van der Waals surface area contributed by atoms with Crippen LogP contribution >= 0.6 is 0 Å². The summed E-state index contributed by atoms with van der Waals surface area (Å²) in [6, 6.07) is 0. The van der Waals surface area contributed by atoms with Crippen LogP contribution in [0, 0.1) is 24.7 Å². The number of nitrogens with one attached hydrogen (secondary N) is 1. The van der Waals surface area contributed by atoms with Crippen molar-refractivity contribution in [1.29, 1.82) is 0 Å². The predicted molar refractivity (Wildman–Crippen MR) is 75.7 cm³/mol. The molecule has 0 atom stereocenters. The molecule has 0 unspecified atom stereocenters. The van der Waals surface area contributed by atoms with Gasteiger partial charge in [-0.05, 0) is 63.2 Å². The second kappa shape index (κ2) is 4.08. The molecule has 5 rings (SSSR count). The van der Waals surface area contributed by atoms with Crippen molar-refractivity contribution in [3.63, 3.8) is 0 Å². The van der Waals surface area contributed by atoms with Crippen LogP contribution in [0.2, 0.25) is 0 Å². The molecule has 1 aromatic heterocycles. The highest BCUT2D eigenvalue weighted by atomic mass is 15.3. The fourth-order valence-corrected chi connectivity index (χ4v) is 5.43. The normalized spacial score (nSPS) is 40.0. The lowest BCUT2D eigenvalue weighted by Gasteiger charge is -2.57. The Balaban J connectivity index is 1.49. The Morgan fingerprint density at radius 2 is 1.79 bits per heavy atom. The molecule has 19 heavy (non-hydrogen) atoms. The van der Waals surface area contributed by atoms with Crippen molar-refractivity contribution in [3.05, 3.63) is 17.5 Å². The lowest BCUT2D eigenvalue weighted by atomic mass is 9.53. The van der Waals surface area contributed by atoms with E-state index in [0.717, 1.165) is 24.3 Å². The minimum Gasteiger partial charge on any atom is -0.307 e. The third kappa shape index (κ3) is 2.03. The minimum absolute atomic E-state index is 0.469. The minimum atomic E-state index is 0.469. The largest absolute Gasteiger partial charge is 0.307 e. The van der Waals surface area contributed by atoms with E-state index >= 15 is 0 Å². The lowest BCUT2D eigenvalue weighted by molar-refractivity contribution is -0.0206. The zero-order valence-corrected chi connectivity index (χ0v) is 12.2. The second-order valence-electron chi connectivity index (χ2n) is 7.46. The van der Waals surface area contributed by atoms with Gasteiger partial charge in [0.05, 0.1) is 5.69 Å². The molecule has 4 fully saturated rings. The summed E-state index contributed by atoms with van der Waals surface area (Å²) in [5, 5.41) is 8.40. The quantitative estimate of drug-likeness (QED) is 0.904. The SMILES string of the molecule is Cc1nn(C)cc1CNC12CC3CC(CC(C3)C1)C2. The van der Waals surface area contributed by atoms with E-state index in [9.17, 15) is 0 Å². The fourth-order valence-electron chi connectivity index (χ4n) is 5.43. The first kappa shape index (κ1) is 12.0. The van der Waals surface area contributed by atoms with Crippen LogP contribution in [-0.4, -0.2) is 15.3 Å². The molecule has 0 amide bonds. The molecule has 4 aliphatic carbocycles. The van der Waals surface area contributed by atoms with Crippen LogP contribution in [0.3, 0.4) is 0 Å². The molecular weight excluding hydrogens is 234 g/mol. The van der Waals surface area contributed by atoms with Gasteiger partial charge in [-0.2, -0.15) is 5.10 Å². The predicted octanol–water partition coefficient (Wildman–Crippen LogP) is 2.79. The van der Waals surface area contributed by atoms with Crippen LogP contribution in [-0.2, 0) is 13.6 Å². The van der Waals surface area contributed by atoms with E-state index in [0.29, 0.717) is 5.54 Å². The zero-order chi connectivity index (χ0) is 13.0. The molecule has 0 saturated heterocycles. The van der Waals surface area contributed by atoms with Crippen molar-refractivity contribution in [3.8, 4) is 0 Å². The third-order valence-corrected chi connectivity index (χ3v) is 5.81. The molecule has 4 aliphatic rings. The molecule has 0 spiro atoms. The summed E-state index contributed by atoms with van der Waals surface area (Å²) in [5.74, 6) is 3.07. The number of rotatable bonds is 3. The maximum atomic E-state index is 4.45. The van der Waals surface area contributed by atoms with E-state index in [1.165, 1.54) is 49.8 Å². The topological polar surface area (TPSA) is 29.9 Å². The summed E-state index contributed by atoms with van der Waals surface area (Å²) >= 11 is 0. The summed E-state index contributed by atoms with van der Waals surface area (Å²) in [4.78, 5) is 0. The van der Waals surface area contributed by atoms with Crippen LogP contribution < -0.4 is 5.32 Å². The highest BCUT2D eigenvalue weighted by Gasteiger charge is 2.50. The van der Waals surface area contributed by atoms with Gasteiger partial charge in [0.25, 0.3) is 0 Å². The zero-order valence-electron chi connectivity index (χ0n) is 12.2. The summed E-state index contributed by atoms with van der Waals surface area (Å²) in [6.45, 7) is 3.13. The van der Waals surface area contributed by atoms with Gasteiger partial charge in [-0.25, -0.2) is 0 Å². The number of nitrogens with zero attached hydrogens (tertiary/aromatic N) is 2. The summed E-state index contributed by atoms with van der Waals surface area (Å²) in [6.07, 6.45) is 11.0. The van der Waals surface area contributed by atoms with Gasteiger partial charge in [0.15, 0.2) is 0 Å². The van der Waals surface area contributed by atoms with Gasteiger partial charge in [-0.3, -0.25) is 4.68 Å². The van der Waals surface area contributed by atoms with E-state index in [-0.39, 0.29) is 0 Å². The van der Waals surface area contributed by atoms with Crippen molar-refractivity contribution in [2.45, 2.75) is 57.5 Å². The van der Waals surface area contributed by atoms with Crippen molar-refractivity contribution in [1.82, 2.24) is 15.1 Å². The van der Waals surface area contributed by atoms with Crippen LogP contribution in [0.5, 0.6) is 0 Å². The van der Waals surface area contributed by atoms with Crippen molar-refractivity contribution in [2.24, 2.45) is 24.8 Å². The summed E-state index contributed by atoms with van der Waals surface area (Å²) < 4.78 is 1.94. The first-order valence-electron chi connectivity index (χ1n) is 7.86. The number of hydrogen-bond donors (Lipinski definition) is 1. The first-order chi connectivity index (χ1) is 9.12. The van der Waals surface area contributed by atoms with E-state index < -0.39 is 0 Å². The van der Waals surface area contributed by atoms with Gasteiger partial charge in [0.2, 0.25) is 0 Å². The standard InChI is InChI=1S/C16H25N3/c1-11-15(10-19(2)18-11)9-17-16-6-12-3-13(7-16)5-14(4-12)8-16/h10,12-14,17H,3-9H2,1-2H3. The molecular formula is C16H25N3. The van der Waals surface area contributed by atoms with Gasteiger partial charge in [0, 0.05) is 30.9 Å². The summed E-state index contributed by atoms with van der Waals surface area (Å²) in [5.41, 5.74) is 3.02. The van der Waals surface area contributed by atoms with Gasteiger partial charge >= 0.3 is 0 Å². The maximum absolute atomic E-state index is 4.45. The molecule has 1 N–H and O–H groups in total. The van der Waals surface area contributed by atoms with Gasteiger partial charge in [-0.15, -0.1) is 0 Å². The fraction of sp³-hybridized carbons (Fsp3) is 0.812. The van der Waals surface area contributed by atoms with Crippen LogP contribution in [0.15, 0.2) is 6.20 Å². The third-order valence-electron chi connectivity index (χ3n) is 5.81. The van der Waals surface area contributed by atoms with Gasteiger partial charge in [0.1, 0.15) is 0 Å². The van der Waals surface area contributed by atoms with Crippen molar-refractivity contribution < 1.29 is 0 Å². The molecule has 3 heteroatoms. The Kier molecular flexibility index (Phi) is 2.57. The van der Waals surface area contributed by atoms with Crippen molar-refractivity contribution >= 4 is 0 Å². The van der Waals surface area contributed by atoms with E-state index in [1.807, 2.05) is 11.7 Å². The van der Waals surface area contributed by atoms with Crippen LogP contribution in [0.4, 0.5) is 0 Å². The van der Waals surface area contributed by atoms with E-state index in [2.05, 4.69) is 23.5 Å². The molecule has 3 nitrogen and oxygen atoms in total. The molecule has 1 aromatic rings. The Hall–Kier alpha value is -0.830. The Morgan fingerprint density at radius 1 is 1.21 bits per heavy atom. The second-order valence-corrected chi connectivity index (χ2v) is 7.46. The molecule has 0 aliphatic heterocycles. The molecule has 0 radical (unpaired) electrons. The first-order valence-corrected chi connectivity index (χ1v) is 7.86. The van der Waals surface area contributed by atoms with Crippen LogP contribution in [0.25, 0.3) is 0 Å². The smallest absolute Gasteiger partial charge is 0.0638 e. The molecule has 4 saturated carbocycles. The van der Waals surface area contributed by atoms with Crippen molar-refractivity contribution in [2.75, 3.05) is 0 Å². The number of aryl methyl sites for hydroxylation is 2. The monoisotopic (exact) mass is 259 g/mol. The number of aromatic nitrogens is 2. The van der Waals surface area contributed by atoms with Crippen LogP contribution in [0.1, 0.15) is 49.8 Å². The van der Waals surface area contributed by atoms with Gasteiger partial charge in [-0.1, -0.05) is 0 Å². The van der Waals surface area contributed by atoms with Gasteiger partial charge < -0.3 is 5.32 Å².